The van der Waals surface area contributed by atoms with Crippen molar-refractivity contribution in [3.05, 3.63) is 30.6 Å². The van der Waals surface area contributed by atoms with Crippen molar-refractivity contribution in [1.82, 2.24) is 15.1 Å². The van der Waals surface area contributed by atoms with E-state index in [1.807, 2.05) is 24.0 Å². The smallest absolute Gasteiger partial charge is 0.0518 e. The minimum atomic E-state index is 0.569. The highest BCUT2D eigenvalue weighted by Gasteiger charge is 2.03. The lowest BCUT2D eigenvalue weighted by Gasteiger charge is -2.13. The van der Waals surface area contributed by atoms with Crippen molar-refractivity contribution in [3.8, 4) is 0 Å². The van der Waals surface area contributed by atoms with Crippen LogP contribution in [0.5, 0.6) is 0 Å². The molecule has 1 heterocycles. The van der Waals surface area contributed by atoms with Gasteiger partial charge >= 0.3 is 0 Å². The summed E-state index contributed by atoms with van der Waals surface area (Å²) >= 11 is 0. The topological polar surface area (TPSA) is 29.9 Å². The van der Waals surface area contributed by atoms with Gasteiger partial charge in [-0.3, -0.25) is 4.68 Å². The van der Waals surface area contributed by atoms with Crippen LogP contribution >= 0.6 is 0 Å². The number of hydrogen-bond acceptors (Lipinski definition) is 2. The molecule has 1 atom stereocenters. The zero-order valence-electron chi connectivity index (χ0n) is 10.4. The van der Waals surface area contributed by atoms with E-state index >= 15 is 0 Å². The molecule has 1 aromatic rings. The number of aromatic nitrogens is 2. The molecule has 16 heavy (non-hydrogen) atoms. The predicted octanol–water partition coefficient (Wildman–Crippen LogP) is 2.64. The minimum absolute atomic E-state index is 0.569. The number of nitrogens with one attached hydrogen (secondary N) is 1. The van der Waals surface area contributed by atoms with Crippen molar-refractivity contribution in [2.45, 2.75) is 45.2 Å². The van der Waals surface area contributed by atoms with Crippen LogP contribution in [0.2, 0.25) is 0 Å². The molecule has 1 rings (SSSR count). The summed E-state index contributed by atoms with van der Waals surface area (Å²) < 4.78 is 1.91. The van der Waals surface area contributed by atoms with Crippen LogP contribution in [0, 0.1) is 0 Å². The molecule has 0 fully saturated rings. The van der Waals surface area contributed by atoms with Crippen LogP contribution in [0.25, 0.3) is 0 Å². The Morgan fingerprint density at radius 3 is 3.00 bits per heavy atom. The van der Waals surface area contributed by atoms with Gasteiger partial charge in [-0.05, 0) is 32.3 Å². The standard InChI is InChI=1S/C13H23N3/c1-4-5-6-7-8-12(2)14-11-13-9-10-15-16(13)3/h4,9-10,12,14H,1,5-8,11H2,2-3H3. The second-order valence-electron chi connectivity index (χ2n) is 4.30. The van der Waals surface area contributed by atoms with E-state index in [9.17, 15) is 0 Å². The Morgan fingerprint density at radius 2 is 2.38 bits per heavy atom. The lowest BCUT2D eigenvalue weighted by Crippen LogP contribution is -2.26. The summed E-state index contributed by atoms with van der Waals surface area (Å²) in [5.41, 5.74) is 1.23. The fourth-order valence-corrected chi connectivity index (χ4v) is 1.69. The molecule has 3 heteroatoms. The zero-order chi connectivity index (χ0) is 11.8. The molecule has 0 aliphatic rings. The molecular weight excluding hydrogens is 198 g/mol. The van der Waals surface area contributed by atoms with Crippen LogP contribution in [-0.2, 0) is 13.6 Å². The number of nitrogens with zero attached hydrogens (tertiary/aromatic N) is 2. The minimum Gasteiger partial charge on any atom is -0.309 e. The molecule has 90 valence electrons. The van der Waals surface area contributed by atoms with Crippen molar-refractivity contribution in [1.29, 1.82) is 0 Å². The first-order valence-corrected chi connectivity index (χ1v) is 6.05. The Labute approximate surface area is 98.5 Å². The van der Waals surface area contributed by atoms with Gasteiger partial charge in [0.15, 0.2) is 0 Å². The Balaban J connectivity index is 2.13. The van der Waals surface area contributed by atoms with Crippen LogP contribution in [-0.4, -0.2) is 15.8 Å². The number of rotatable bonds is 8. The summed E-state index contributed by atoms with van der Waals surface area (Å²) in [6.07, 6.45) is 8.71. The van der Waals surface area contributed by atoms with E-state index < -0.39 is 0 Å². The van der Waals surface area contributed by atoms with Gasteiger partial charge < -0.3 is 5.32 Å². The van der Waals surface area contributed by atoms with E-state index in [1.54, 1.807) is 0 Å². The molecule has 0 aromatic carbocycles. The Bertz CT molecular complexity index is 304. The Kier molecular flexibility index (Phi) is 5.86. The lowest BCUT2D eigenvalue weighted by molar-refractivity contribution is 0.479. The molecular formula is C13H23N3. The van der Waals surface area contributed by atoms with E-state index in [0.29, 0.717) is 6.04 Å². The van der Waals surface area contributed by atoms with E-state index in [1.165, 1.54) is 25.0 Å². The largest absolute Gasteiger partial charge is 0.309 e. The van der Waals surface area contributed by atoms with Crippen molar-refractivity contribution in [2.24, 2.45) is 7.05 Å². The SMILES string of the molecule is C=CCCCCC(C)NCc1ccnn1C. The summed E-state index contributed by atoms with van der Waals surface area (Å²) in [6, 6.07) is 2.62. The Hall–Kier alpha value is -1.09. The maximum Gasteiger partial charge on any atom is 0.0518 e. The Morgan fingerprint density at radius 1 is 1.56 bits per heavy atom. The number of aryl methyl sites for hydroxylation is 1. The van der Waals surface area contributed by atoms with Gasteiger partial charge in [0.1, 0.15) is 0 Å². The molecule has 0 saturated carbocycles. The molecule has 1 N–H and O–H groups in total. The predicted molar refractivity (Wildman–Crippen MR) is 68.2 cm³/mol. The highest BCUT2D eigenvalue weighted by Crippen LogP contribution is 2.04. The normalized spacial score (nSPS) is 12.6. The first-order valence-electron chi connectivity index (χ1n) is 6.05. The van der Waals surface area contributed by atoms with Gasteiger partial charge in [0.25, 0.3) is 0 Å². The van der Waals surface area contributed by atoms with Gasteiger partial charge in [0, 0.05) is 25.8 Å². The molecule has 0 aliphatic heterocycles. The van der Waals surface area contributed by atoms with E-state index in [-0.39, 0.29) is 0 Å². The average molecular weight is 221 g/mol. The molecule has 1 unspecified atom stereocenters. The third-order valence-electron chi connectivity index (χ3n) is 2.85. The van der Waals surface area contributed by atoms with Gasteiger partial charge in [-0.25, -0.2) is 0 Å². The molecule has 0 radical (unpaired) electrons. The van der Waals surface area contributed by atoms with E-state index in [2.05, 4.69) is 30.0 Å². The van der Waals surface area contributed by atoms with Crippen LogP contribution in [0.15, 0.2) is 24.9 Å². The third-order valence-corrected chi connectivity index (χ3v) is 2.85. The van der Waals surface area contributed by atoms with Gasteiger partial charge in [-0.1, -0.05) is 12.5 Å². The molecule has 0 amide bonds. The fraction of sp³-hybridized carbons (Fsp3) is 0.615. The summed E-state index contributed by atoms with van der Waals surface area (Å²) in [5.74, 6) is 0. The van der Waals surface area contributed by atoms with Crippen molar-refractivity contribution >= 4 is 0 Å². The zero-order valence-corrected chi connectivity index (χ0v) is 10.4. The third kappa shape index (κ3) is 4.62. The van der Waals surface area contributed by atoms with Gasteiger partial charge in [-0.2, -0.15) is 5.10 Å². The first kappa shape index (κ1) is 13.0. The second kappa shape index (κ2) is 7.23. The molecule has 0 bridgehead atoms. The summed E-state index contributed by atoms with van der Waals surface area (Å²) in [5, 5.41) is 7.66. The maximum absolute atomic E-state index is 4.15. The summed E-state index contributed by atoms with van der Waals surface area (Å²) in [4.78, 5) is 0. The molecule has 3 nitrogen and oxygen atoms in total. The van der Waals surface area contributed by atoms with E-state index in [4.69, 9.17) is 0 Å². The van der Waals surface area contributed by atoms with Crippen LogP contribution in [0.1, 0.15) is 38.3 Å². The number of unbranched alkanes of at least 4 members (excludes halogenated alkanes) is 2. The van der Waals surface area contributed by atoms with Crippen LogP contribution in [0.3, 0.4) is 0 Å². The average Bonchev–Trinajstić information content (AvgIpc) is 2.67. The highest BCUT2D eigenvalue weighted by molar-refractivity contribution is 4.99. The maximum atomic E-state index is 4.15. The highest BCUT2D eigenvalue weighted by atomic mass is 15.3. The lowest BCUT2D eigenvalue weighted by atomic mass is 10.1. The van der Waals surface area contributed by atoms with E-state index in [0.717, 1.165) is 13.0 Å². The van der Waals surface area contributed by atoms with Crippen molar-refractivity contribution in [2.75, 3.05) is 0 Å². The molecule has 1 aromatic heterocycles. The van der Waals surface area contributed by atoms with Crippen LogP contribution < -0.4 is 5.32 Å². The molecule has 0 spiro atoms. The second-order valence-corrected chi connectivity index (χ2v) is 4.30. The fourth-order valence-electron chi connectivity index (χ4n) is 1.69. The first-order chi connectivity index (χ1) is 7.74. The summed E-state index contributed by atoms with van der Waals surface area (Å²) in [7, 11) is 1.98. The molecule has 0 aliphatic carbocycles. The van der Waals surface area contributed by atoms with Crippen LogP contribution in [0.4, 0.5) is 0 Å². The number of hydrogen-bond donors (Lipinski definition) is 1. The quantitative estimate of drug-likeness (QED) is 0.540. The van der Waals surface area contributed by atoms with Gasteiger partial charge in [-0.15, -0.1) is 6.58 Å². The van der Waals surface area contributed by atoms with Crippen molar-refractivity contribution in [3.63, 3.8) is 0 Å². The van der Waals surface area contributed by atoms with Crippen molar-refractivity contribution < 1.29 is 0 Å². The number of allylic oxidation sites excluding steroid dienone is 1. The monoisotopic (exact) mass is 221 g/mol. The molecule has 0 saturated heterocycles. The van der Waals surface area contributed by atoms with Gasteiger partial charge in [0.2, 0.25) is 0 Å². The summed E-state index contributed by atoms with van der Waals surface area (Å²) in [6.45, 7) is 6.87. The van der Waals surface area contributed by atoms with Gasteiger partial charge in [0.05, 0.1) is 5.69 Å².